The summed E-state index contributed by atoms with van der Waals surface area (Å²) in [5.41, 5.74) is -0.0801. The Labute approximate surface area is 104 Å². The first kappa shape index (κ1) is 12.1. The van der Waals surface area contributed by atoms with Crippen molar-refractivity contribution < 1.29 is 4.92 Å². The molecule has 2 heterocycles. The normalized spacial score (nSPS) is 19.2. The van der Waals surface area contributed by atoms with Crippen LogP contribution in [-0.4, -0.2) is 29.5 Å². The number of hydrogen-bond acceptors (Lipinski definition) is 5. The van der Waals surface area contributed by atoms with Gasteiger partial charge in [-0.2, -0.15) is 0 Å². The summed E-state index contributed by atoms with van der Waals surface area (Å²) in [5, 5.41) is 17.3. The summed E-state index contributed by atoms with van der Waals surface area (Å²) in [5.74, 6) is 0.776. The molecular weight excluding hydrogens is 244 g/mol. The minimum Gasteiger partial charge on any atom is -0.364 e. The molecule has 1 aliphatic rings. The Morgan fingerprint density at radius 2 is 2.53 bits per heavy atom. The monoisotopic (exact) mass is 256 g/mol. The van der Waals surface area contributed by atoms with Gasteiger partial charge in [0.05, 0.1) is 9.95 Å². The van der Waals surface area contributed by atoms with Gasteiger partial charge in [-0.05, 0) is 25.4 Å². The van der Waals surface area contributed by atoms with Crippen LogP contribution >= 0.6 is 11.6 Å². The molecule has 1 fully saturated rings. The van der Waals surface area contributed by atoms with Crippen LogP contribution in [0.2, 0.25) is 5.02 Å². The molecule has 0 aliphatic carbocycles. The van der Waals surface area contributed by atoms with Crippen LogP contribution in [0.4, 0.5) is 11.5 Å². The number of nitro groups is 1. The van der Waals surface area contributed by atoms with Crippen LogP contribution < -0.4 is 10.6 Å². The number of aromatic nitrogens is 1. The first-order valence-electron chi connectivity index (χ1n) is 5.41. The molecule has 2 N–H and O–H groups in total. The molecule has 0 aromatic carbocycles. The fourth-order valence-electron chi connectivity index (χ4n) is 1.83. The van der Waals surface area contributed by atoms with E-state index in [9.17, 15) is 10.1 Å². The molecule has 0 bridgehead atoms. The highest BCUT2D eigenvalue weighted by Crippen LogP contribution is 2.25. The quantitative estimate of drug-likeness (QED) is 0.633. The second-order valence-corrected chi connectivity index (χ2v) is 4.45. The highest BCUT2D eigenvalue weighted by atomic mass is 35.5. The number of anilines is 1. The summed E-state index contributed by atoms with van der Waals surface area (Å²) in [7, 11) is 0. The van der Waals surface area contributed by atoms with E-state index in [2.05, 4.69) is 15.6 Å². The summed E-state index contributed by atoms with van der Waals surface area (Å²) in [6.07, 6.45) is 2.48. The van der Waals surface area contributed by atoms with E-state index in [1.54, 1.807) is 0 Å². The highest BCUT2D eigenvalue weighted by Gasteiger charge is 2.19. The minimum atomic E-state index is -0.478. The van der Waals surface area contributed by atoms with Crippen molar-refractivity contribution in [2.75, 3.05) is 25.0 Å². The van der Waals surface area contributed by atoms with E-state index in [0.717, 1.165) is 19.5 Å². The molecule has 92 valence electrons. The van der Waals surface area contributed by atoms with E-state index in [1.807, 2.05) is 0 Å². The molecule has 6 nitrogen and oxygen atoms in total. The van der Waals surface area contributed by atoms with Gasteiger partial charge in [-0.1, -0.05) is 11.6 Å². The van der Waals surface area contributed by atoms with Crippen LogP contribution in [0.1, 0.15) is 6.42 Å². The Morgan fingerprint density at radius 3 is 3.18 bits per heavy atom. The van der Waals surface area contributed by atoms with Crippen LogP contribution in [0.3, 0.4) is 0 Å². The van der Waals surface area contributed by atoms with Gasteiger partial charge in [0.2, 0.25) is 5.82 Å². The predicted octanol–water partition coefficient (Wildman–Crippen LogP) is 1.66. The van der Waals surface area contributed by atoms with E-state index in [4.69, 9.17) is 11.6 Å². The fraction of sp³-hybridized carbons (Fsp3) is 0.500. The van der Waals surface area contributed by atoms with E-state index in [1.165, 1.54) is 12.3 Å². The zero-order chi connectivity index (χ0) is 12.3. The third-order valence-electron chi connectivity index (χ3n) is 2.75. The minimum absolute atomic E-state index is 0.0801. The van der Waals surface area contributed by atoms with E-state index in [0.29, 0.717) is 12.5 Å². The maximum absolute atomic E-state index is 10.8. The zero-order valence-electron chi connectivity index (χ0n) is 9.15. The van der Waals surface area contributed by atoms with Crippen molar-refractivity contribution in [1.29, 1.82) is 0 Å². The topological polar surface area (TPSA) is 80.1 Å². The number of rotatable bonds is 4. The van der Waals surface area contributed by atoms with Gasteiger partial charge in [-0.3, -0.25) is 10.1 Å². The second kappa shape index (κ2) is 5.29. The van der Waals surface area contributed by atoms with Crippen molar-refractivity contribution in [3.05, 3.63) is 27.4 Å². The van der Waals surface area contributed by atoms with Crippen molar-refractivity contribution in [1.82, 2.24) is 10.3 Å². The summed E-state index contributed by atoms with van der Waals surface area (Å²) in [6.45, 7) is 2.62. The molecule has 1 aliphatic heterocycles. The van der Waals surface area contributed by atoms with Gasteiger partial charge in [-0.25, -0.2) is 4.98 Å². The Hall–Kier alpha value is -1.40. The van der Waals surface area contributed by atoms with Gasteiger partial charge >= 0.3 is 5.69 Å². The Bertz CT molecular complexity index is 421. The summed E-state index contributed by atoms with van der Waals surface area (Å²) in [4.78, 5) is 14.3. The number of hydrogen-bond donors (Lipinski definition) is 2. The van der Waals surface area contributed by atoms with E-state index in [-0.39, 0.29) is 16.5 Å². The van der Waals surface area contributed by atoms with Crippen molar-refractivity contribution in [3.63, 3.8) is 0 Å². The molecule has 1 aromatic heterocycles. The van der Waals surface area contributed by atoms with Crippen LogP contribution in [0.25, 0.3) is 0 Å². The van der Waals surface area contributed by atoms with E-state index < -0.39 is 4.92 Å². The Morgan fingerprint density at radius 1 is 1.71 bits per heavy atom. The summed E-state index contributed by atoms with van der Waals surface area (Å²) in [6, 6.07) is 1.31. The zero-order valence-corrected chi connectivity index (χ0v) is 9.91. The van der Waals surface area contributed by atoms with Gasteiger partial charge in [0, 0.05) is 18.8 Å². The largest absolute Gasteiger partial charge is 0.364 e. The van der Waals surface area contributed by atoms with Crippen molar-refractivity contribution in [2.24, 2.45) is 5.92 Å². The van der Waals surface area contributed by atoms with Gasteiger partial charge in [-0.15, -0.1) is 0 Å². The van der Waals surface area contributed by atoms with Crippen LogP contribution in [-0.2, 0) is 0 Å². The lowest BCUT2D eigenvalue weighted by Gasteiger charge is -2.10. The van der Waals surface area contributed by atoms with Gasteiger partial charge < -0.3 is 10.6 Å². The average Bonchev–Trinajstić information content (AvgIpc) is 2.80. The SMILES string of the molecule is O=[N+]([O-])c1cc(Cl)cnc1NC[C@@H]1CCNC1. The van der Waals surface area contributed by atoms with Gasteiger partial charge in [0.1, 0.15) is 0 Å². The van der Waals surface area contributed by atoms with Crippen LogP contribution in [0, 0.1) is 16.0 Å². The first-order valence-corrected chi connectivity index (χ1v) is 5.79. The van der Waals surface area contributed by atoms with Crippen LogP contribution in [0.15, 0.2) is 12.3 Å². The average molecular weight is 257 g/mol. The molecular formula is C10H13ClN4O2. The fourth-order valence-corrected chi connectivity index (χ4v) is 1.99. The molecule has 0 saturated carbocycles. The molecule has 1 atom stereocenters. The molecule has 1 saturated heterocycles. The number of nitrogens with one attached hydrogen (secondary N) is 2. The molecule has 0 amide bonds. The summed E-state index contributed by atoms with van der Waals surface area (Å²) >= 11 is 5.68. The molecule has 0 radical (unpaired) electrons. The standard InChI is InChI=1S/C10H13ClN4O2/c11-8-3-9(15(16)17)10(14-6-8)13-5-7-1-2-12-4-7/h3,6-7,12H,1-2,4-5H2,(H,13,14)/t7-/m1/s1. The Kier molecular flexibility index (Phi) is 3.75. The third-order valence-corrected chi connectivity index (χ3v) is 2.96. The highest BCUT2D eigenvalue weighted by molar-refractivity contribution is 6.30. The third kappa shape index (κ3) is 3.04. The first-order chi connectivity index (χ1) is 8.16. The summed E-state index contributed by atoms with van der Waals surface area (Å²) < 4.78 is 0. The molecule has 0 spiro atoms. The Balaban J connectivity index is 2.06. The van der Waals surface area contributed by atoms with Gasteiger partial charge in [0.15, 0.2) is 0 Å². The number of pyridine rings is 1. The molecule has 7 heteroatoms. The maximum Gasteiger partial charge on any atom is 0.312 e. The number of nitrogens with zero attached hydrogens (tertiary/aromatic N) is 2. The molecule has 2 rings (SSSR count). The van der Waals surface area contributed by atoms with Crippen LogP contribution in [0.5, 0.6) is 0 Å². The molecule has 1 aromatic rings. The lowest BCUT2D eigenvalue weighted by atomic mass is 10.1. The van der Waals surface area contributed by atoms with Crippen molar-refractivity contribution in [3.8, 4) is 0 Å². The lowest BCUT2D eigenvalue weighted by molar-refractivity contribution is -0.384. The number of halogens is 1. The van der Waals surface area contributed by atoms with Crippen molar-refractivity contribution in [2.45, 2.75) is 6.42 Å². The second-order valence-electron chi connectivity index (χ2n) is 4.02. The van der Waals surface area contributed by atoms with Gasteiger partial charge in [0.25, 0.3) is 0 Å². The molecule has 0 unspecified atom stereocenters. The predicted molar refractivity (Wildman–Crippen MR) is 65.4 cm³/mol. The smallest absolute Gasteiger partial charge is 0.312 e. The lowest BCUT2D eigenvalue weighted by Crippen LogP contribution is -2.18. The van der Waals surface area contributed by atoms with E-state index >= 15 is 0 Å². The maximum atomic E-state index is 10.8. The molecule has 17 heavy (non-hydrogen) atoms. The van der Waals surface area contributed by atoms with Crippen molar-refractivity contribution >= 4 is 23.1 Å².